The molecule has 1 atom stereocenters. The SMILES string of the molecule is C[C@@H](N)c1ccc(-n2ccc(C(=O)N(C)C)n2)c(Cl)c1. The first kappa shape index (κ1) is 14.6. The summed E-state index contributed by atoms with van der Waals surface area (Å²) in [5.74, 6) is -0.146. The normalized spacial score (nSPS) is 12.2. The van der Waals surface area contributed by atoms with Gasteiger partial charge in [-0.05, 0) is 30.7 Å². The van der Waals surface area contributed by atoms with Gasteiger partial charge in [-0.15, -0.1) is 0 Å². The lowest BCUT2D eigenvalue weighted by atomic mass is 10.1. The van der Waals surface area contributed by atoms with Gasteiger partial charge < -0.3 is 10.6 Å². The highest BCUT2D eigenvalue weighted by molar-refractivity contribution is 6.32. The molecule has 0 radical (unpaired) electrons. The Bertz CT molecular complexity index is 634. The van der Waals surface area contributed by atoms with E-state index in [1.807, 2.05) is 25.1 Å². The molecule has 0 aliphatic rings. The Morgan fingerprint density at radius 2 is 2.10 bits per heavy atom. The van der Waals surface area contributed by atoms with E-state index < -0.39 is 0 Å². The number of carbonyl (C=O) groups excluding carboxylic acids is 1. The molecule has 0 fully saturated rings. The number of halogens is 1. The van der Waals surface area contributed by atoms with Gasteiger partial charge in [0.1, 0.15) is 0 Å². The van der Waals surface area contributed by atoms with Gasteiger partial charge in [-0.25, -0.2) is 4.68 Å². The van der Waals surface area contributed by atoms with Gasteiger partial charge in [-0.2, -0.15) is 5.10 Å². The van der Waals surface area contributed by atoms with E-state index in [0.717, 1.165) is 5.56 Å². The Morgan fingerprint density at radius 1 is 1.40 bits per heavy atom. The molecular weight excluding hydrogens is 276 g/mol. The third kappa shape index (κ3) is 2.84. The molecule has 2 N–H and O–H groups in total. The van der Waals surface area contributed by atoms with E-state index in [0.29, 0.717) is 16.4 Å². The number of aromatic nitrogens is 2. The second kappa shape index (κ2) is 5.64. The molecule has 0 bridgehead atoms. The Labute approximate surface area is 122 Å². The van der Waals surface area contributed by atoms with Crippen molar-refractivity contribution in [1.29, 1.82) is 0 Å². The van der Waals surface area contributed by atoms with Crippen molar-refractivity contribution < 1.29 is 4.79 Å². The molecule has 20 heavy (non-hydrogen) atoms. The van der Waals surface area contributed by atoms with Crippen LogP contribution in [0.1, 0.15) is 29.0 Å². The molecule has 5 nitrogen and oxygen atoms in total. The Hall–Kier alpha value is -1.85. The van der Waals surface area contributed by atoms with Crippen LogP contribution in [0.15, 0.2) is 30.5 Å². The van der Waals surface area contributed by atoms with Crippen LogP contribution < -0.4 is 5.73 Å². The van der Waals surface area contributed by atoms with Crippen LogP contribution in [0, 0.1) is 0 Å². The average Bonchev–Trinajstić information content (AvgIpc) is 2.86. The summed E-state index contributed by atoms with van der Waals surface area (Å²) in [5, 5.41) is 4.79. The second-order valence-electron chi connectivity index (χ2n) is 4.84. The van der Waals surface area contributed by atoms with E-state index in [9.17, 15) is 4.79 Å². The molecule has 1 aromatic carbocycles. The van der Waals surface area contributed by atoms with Crippen molar-refractivity contribution in [2.75, 3.05) is 14.1 Å². The average molecular weight is 293 g/mol. The van der Waals surface area contributed by atoms with E-state index >= 15 is 0 Å². The Kier molecular flexibility index (Phi) is 4.11. The third-order valence-electron chi connectivity index (χ3n) is 2.96. The molecule has 0 unspecified atom stereocenters. The zero-order valence-electron chi connectivity index (χ0n) is 11.7. The van der Waals surface area contributed by atoms with Crippen LogP contribution in [-0.4, -0.2) is 34.7 Å². The van der Waals surface area contributed by atoms with Crippen LogP contribution in [-0.2, 0) is 0 Å². The molecule has 0 aliphatic heterocycles. The van der Waals surface area contributed by atoms with Gasteiger partial charge >= 0.3 is 0 Å². The van der Waals surface area contributed by atoms with Crippen molar-refractivity contribution in [2.45, 2.75) is 13.0 Å². The van der Waals surface area contributed by atoms with Crippen LogP contribution in [0.3, 0.4) is 0 Å². The van der Waals surface area contributed by atoms with Crippen LogP contribution in [0.5, 0.6) is 0 Å². The molecule has 0 saturated carbocycles. The van der Waals surface area contributed by atoms with Crippen molar-refractivity contribution in [1.82, 2.24) is 14.7 Å². The monoisotopic (exact) mass is 292 g/mol. The van der Waals surface area contributed by atoms with E-state index in [1.165, 1.54) is 4.90 Å². The first-order chi connectivity index (χ1) is 9.40. The molecule has 0 spiro atoms. The van der Waals surface area contributed by atoms with Gasteiger partial charge in [-0.1, -0.05) is 17.7 Å². The highest BCUT2D eigenvalue weighted by atomic mass is 35.5. The first-order valence-corrected chi connectivity index (χ1v) is 6.60. The molecule has 2 aromatic rings. The second-order valence-corrected chi connectivity index (χ2v) is 5.25. The summed E-state index contributed by atoms with van der Waals surface area (Å²) >= 11 is 6.25. The quantitative estimate of drug-likeness (QED) is 0.943. The zero-order chi connectivity index (χ0) is 14.9. The highest BCUT2D eigenvalue weighted by Gasteiger charge is 2.13. The summed E-state index contributed by atoms with van der Waals surface area (Å²) in [5.41, 5.74) is 7.87. The van der Waals surface area contributed by atoms with E-state index in [1.54, 1.807) is 31.0 Å². The maximum Gasteiger partial charge on any atom is 0.273 e. The van der Waals surface area contributed by atoms with Crippen LogP contribution >= 0.6 is 11.6 Å². The van der Waals surface area contributed by atoms with Gasteiger partial charge in [0.05, 0.1) is 10.7 Å². The van der Waals surface area contributed by atoms with Crippen LogP contribution in [0.4, 0.5) is 0 Å². The fourth-order valence-corrected chi connectivity index (χ4v) is 2.07. The molecule has 0 aliphatic carbocycles. The Morgan fingerprint density at radius 3 is 2.65 bits per heavy atom. The molecule has 1 aromatic heterocycles. The minimum Gasteiger partial charge on any atom is -0.343 e. The number of amides is 1. The lowest BCUT2D eigenvalue weighted by molar-refractivity contribution is 0.0821. The smallest absolute Gasteiger partial charge is 0.273 e. The van der Waals surface area contributed by atoms with Crippen LogP contribution in [0.2, 0.25) is 5.02 Å². The predicted molar refractivity (Wildman–Crippen MR) is 79.2 cm³/mol. The molecule has 0 saturated heterocycles. The topological polar surface area (TPSA) is 64.2 Å². The van der Waals surface area contributed by atoms with Crippen molar-refractivity contribution in [3.63, 3.8) is 0 Å². The summed E-state index contributed by atoms with van der Waals surface area (Å²) in [6.07, 6.45) is 1.71. The minimum atomic E-state index is -0.146. The molecule has 106 valence electrons. The largest absolute Gasteiger partial charge is 0.343 e. The number of rotatable bonds is 3. The first-order valence-electron chi connectivity index (χ1n) is 6.23. The molecular formula is C14H17ClN4O. The van der Waals surface area contributed by atoms with Crippen molar-refractivity contribution in [3.05, 3.63) is 46.7 Å². The number of hydrogen-bond donors (Lipinski definition) is 1. The van der Waals surface area contributed by atoms with Gasteiger partial charge in [0, 0.05) is 26.3 Å². The summed E-state index contributed by atoms with van der Waals surface area (Å²) in [6.45, 7) is 1.90. The zero-order valence-corrected chi connectivity index (χ0v) is 12.4. The van der Waals surface area contributed by atoms with Gasteiger partial charge in [0.2, 0.25) is 0 Å². The molecule has 6 heteroatoms. The maximum atomic E-state index is 11.8. The van der Waals surface area contributed by atoms with Crippen molar-refractivity contribution >= 4 is 17.5 Å². The van der Waals surface area contributed by atoms with Gasteiger partial charge in [0.15, 0.2) is 5.69 Å². The van der Waals surface area contributed by atoms with Crippen molar-refractivity contribution in [3.8, 4) is 5.69 Å². The lowest BCUT2D eigenvalue weighted by Crippen LogP contribution is -2.22. The maximum absolute atomic E-state index is 11.8. The molecule has 2 rings (SSSR count). The van der Waals surface area contributed by atoms with Crippen LogP contribution in [0.25, 0.3) is 5.69 Å². The summed E-state index contributed by atoms with van der Waals surface area (Å²) < 4.78 is 1.59. The summed E-state index contributed by atoms with van der Waals surface area (Å²) in [7, 11) is 3.37. The number of nitrogens with two attached hydrogens (primary N) is 1. The summed E-state index contributed by atoms with van der Waals surface area (Å²) in [4.78, 5) is 13.3. The lowest BCUT2D eigenvalue weighted by Gasteiger charge is -2.10. The highest BCUT2D eigenvalue weighted by Crippen LogP contribution is 2.24. The minimum absolute atomic E-state index is 0.0787. The van der Waals surface area contributed by atoms with E-state index in [-0.39, 0.29) is 11.9 Å². The predicted octanol–water partition coefficient (Wildman–Crippen LogP) is 2.25. The molecule has 1 heterocycles. The number of hydrogen-bond acceptors (Lipinski definition) is 3. The van der Waals surface area contributed by atoms with Gasteiger partial charge in [0.25, 0.3) is 5.91 Å². The summed E-state index contributed by atoms with van der Waals surface area (Å²) in [6, 6.07) is 7.15. The fourth-order valence-electron chi connectivity index (χ4n) is 1.79. The Balaban J connectivity index is 2.35. The van der Waals surface area contributed by atoms with Crippen molar-refractivity contribution in [2.24, 2.45) is 5.73 Å². The number of nitrogens with zero attached hydrogens (tertiary/aromatic N) is 3. The standard InChI is InChI=1S/C14H17ClN4O/c1-9(16)10-4-5-13(11(15)8-10)19-7-6-12(17-19)14(20)18(2)3/h4-9H,16H2,1-3H3/t9-/m1/s1. The number of carbonyl (C=O) groups is 1. The van der Waals surface area contributed by atoms with E-state index in [4.69, 9.17) is 17.3 Å². The fraction of sp³-hybridized carbons (Fsp3) is 0.286. The third-order valence-corrected chi connectivity index (χ3v) is 3.26. The number of benzene rings is 1. The van der Waals surface area contributed by atoms with Gasteiger partial charge in [-0.3, -0.25) is 4.79 Å². The molecule has 1 amide bonds. The van der Waals surface area contributed by atoms with E-state index in [2.05, 4.69) is 5.10 Å².